The van der Waals surface area contributed by atoms with Gasteiger partial charge < -0.3 is 9.80 Å². The molecule has 0 N–H and O–H groups in total. The van der Waals surface area contributed by atoms with Crippen molar-refractivity contribution in [2.24, 2.45) is 0 Å². The molecule has 0 bridgehead atoms. The van der Waals surface area contributed by atoms with E-state index in [0.717, 1.165) is 61.9 Å². The summed E-state index contributed by atoms with van der Waals surface area (Å²) in [5, 5.41) is 8.90. The van der Waals surface area contributed by atoms with Crippen molar-refractivity contribution in [2.75, 3.05) is 55.6 Å². The number of anilines is 2. The molecule has 0 aromatic carbocycles. The Labute approximate surface area is 141 Å². The Morgan fingerprint density at radius 2 is 1.45 bits per heavy atom. The Morgan fingerprint density at radius 3 is 1.95 bits per heavy atom. The molecule has 0 atom stereocenters. The molecule has 1 aromatic heterocycles. The molecular formula is C16H24BrN5. The van der Waals surface area contributed by atoms with E-state index in [2.05, 4.69) is 59.5 Å². The lowest BCUT2D eigenvalue weighted by Gasteiger charge is -2.35. The highest BCUT2D eigenvalue weighted by molar-refractivity contribution is 9.11. The summed E-state index contributed by atoms with van der Waals surface area (Å²) in [6.07, 6.45) is 3.88. The molecule has 0 unspecified atom stereocenters. The predicted octanol–water partition coefficient (Wildman–Crippen LogP) is 2.50. The van der Waals surface area contributed by atoms with Crippen molar-refractivity contribution in [3.63, 3.8) is 0 Å². The summed E-state index contributed by atoms with van der Waals surface area (Å²) < 4.78 is 1.05. The summed E-state index contributed by atoms with van der Waals surface area (Å²) in [7, 11) is 0. The molecule has 1 aromatic rings. The van der Waals surface area contributed by atoms with Gasteiger partial charge in [0.1, 0.15) is 0 Å². The number of hydrogen-bond donors (Lipinski definition) is 0. The molecule has 0 saturated carbocycles. The van der Waals surface area contributed by atoms with E-state index in [9.17, 15) is 0 Å². The summed E-state index contributed by atoms with van der Waals surface area (Å²) in [5.41, 5.74) is 0. The normalized spacial score (nSPS) is 20.2. The number of nitrogens with zero attached hydrogens (tertiary/aromatic N) is 5. The van der Waals surface area contributed by atoms with Gasteiger partial charge >= 0.3 is 0 Å². The zero-order valence-corrected chi connectivity index (χ0v) is 14.6. The van der Waals surface area contributed by atoms with Gasteiger partial charge in [-0.05, 0) is 31.4 Å². The van der Waals surface area contributed by atoms with Crippen molar-refractivity contribution in [3.05, 3.63) is 23.2 Å². The maximum Gasteiger partial charge on any atom is 0.151 e. The Bertz CT molecular complexity index is 490. The lowest BCUT2D eigenvalue weighted by molar-refractivity contribution is 0.282. The van der Waals surface area contributed by atoms with Crippen LogP contribution in [0.3, 0.4) is 0 Å². The van der Waals surface area contributed by atoms with Gasteiger partial charge in [-0.1, -0.05) is 22.5 Å². The molecule has 2 aliphatic rings. The van der Waals surface area contributed by atoms with Crippen LogP contribution < -0.4 is 9.80 Å². The fraction of sp³-hybridized carbons (Fsp3) is 0.625. The van der Waals surface area contributed by atoms with Gasteiger partial charge in [0, 0.05) is 50.3 Å². The third kappa shape index (κ3) is 3.98. The van der Waals surface area contributed by atoms with E-state index in [0.29, 0.717) is 0 Å². The molecule has 3 heterocycles. The van der Waals surface area contributed by atoms with Gasteiger partial charge in [0.15, 0.2) is 11.6 Å². The van der Waals surface area contributed by atoms with E-state index in [4.69, 9.17) is 0 Å². The standard InChI is InChI=1S/C16H24BrN5/c1-14(17)13-20-9-11-22(12-10-20)16-6-5-15(18-19-16)21-7-3-2-4-8-21/h5-6H,1-4,7-13H2. The van der Waals surface area contributed by atoms with Gasteiger partial charge in [-0.3, -0.25) is 4.90 Å². The Morgan fingerprint density at radius 1 is 0.909 bits per heavy atom. The first-order chi connectivity index (χ1) is 10.7. The number of halogens is 1. The fourth-order valence-electron chi connectivity index (χ4n) is 3.16. The second-order valence-electron chi connectivity index (χ2n) is 6.08. The minimum atomic E-state index is 0.924. The number of piperidine rings is 1. The van der Waals surface area contributed by atoms with Gasteiger partial charge in [-0.25, -0.2) is 0 Å². The molecule has 6 heteroatoms. The minimum absolute atomic E-state index is 0.924. The Kier molecular flexibility index (Phi) is 5.31. The van der Waals surface area contributed by atoms with Crippen molar-refractivity contribution in [2.45, 2.75) is 19.3 Å². The molecule has 0 amide bonds. The zero-order valence-electron chi connectivity index (χ0n) is 13.0. The number of piperazine rings is 1. The maximum absolute atomic E-state index is 4.45. The van der Waals surface area contributed by atoms with Crippen LogP contribution in [0.5, 0.6) is 0 Å². The van der Waals surface area contributed by atoms with Crippen LogP contribution >= 0.6 is 15.9 Å². The molecule has 0 spiro atoms. The molecule has 0 aliphatic carbocycles. The second-order valence-corrected chi connectivity index (χ2v) is 7.20. The first kappa shape index (κ1) is 15.7. The highest BCUT2D eigenvalue weighted by Crippen LogP contribution is 2.20. The van der Waals surface area contributed by atoms with Crippen LogP contribution in [-0.4, -0.2) is 60.9 Å². The quantitative estimate of drug-likeness (QED) is 0.818. The first-order valence-corrected chi connectivity index (χ1v) is 8.91. The number of rotatable bonds is 4. The van der Waals surface area contributed by atoms with Crippen molar-refractivity contribution >= 4 is 27.6 Å². The maximum atomic E-state index is 4.45. The number of aromatic nitrogens is 2. The van der Waals surface area contributed by atoms with Gasteiger partial charge in [0.2, 0.25) is 0 Å². The highest BCUT2D eigenvalue weighted by atomic mass is 79.9. The van der Waals surface area contributed by atoms with E-state index >= 15 is 0 Å². The molecule has 22 heavy (non-hydrogen) atoms. The van der Waals surface area contributed by atoms with Crippen molar-refractivity contribution in [1.82, 2.24) is 15.1 Å². The summed E-state index contributed by atoms with van der Waals surface area (Å²) >= 11 is 3.44. The summed E-state index contributed by atoms with van der Waals surface area (Å²) in [6.45, 7) is 11.1. The largest absolute Gasteiger partial charge is 0.355 e. The lowest BCUT2D eigenvalue weighted by Crippen LogP contribution is -2.47. The topological polar surface area (TPSA) is 35.5 Å². The molecular weight excluding hydrogens is 342 g/mol. The molecule has 120 valence electrons. The fourth-order valence-corrected chi connectivity index (χ4v) is 3.51. The van der Waals surface area contributed by atoms with Crippen molar-refractivity contribution in [3.8, 4) is 0 Å². The zero-order chi connectivity index (χ0) is 15.4. The van der Waals surface area contributed by atoms with Gasteiger partial charge in [0.25, 0.3) is 0 Å². The molecule has 2 aliphatic heterocycles. The van der Waals surface area contributed by atoms with E-state index in [1.54, 1.807) is 0 Å². The third-order valence-electron chi connectivity index (χ3n) is 4.41. The molecule has 0 radical (unpaired) electrons. The predicted molar refractivity (Wildman–Crippen MR) is 94.8 cm³/mol. The van der Waals surface area contributed by atoms with E-state index in [-0.39, 0.29) is 0 Å². The lowest BCUT2D eigenvalue weighted by atomic mass is 10.1. The van der Waals surface area contributed by atoms with Crippen LogP contribution in [-0.2, 0) is 0 Å². The minimum Gasteiger partial charge on any atom is -0.355 e. The molecule has 3 rings (SSSR count). The summed E-state index contributed by atoms with van der Waals surface area (Å²) in [5.74, 6) is 2.02. The average molecular weight is 366 g/mol. The van der Waals surface area contributed by atoms with Crippen molar-refractivity contribution in [1.29, 1.82) is 0 Å². The third-order valence-corrected chi connectivity index (χ3v) is 4.66. The second kappa shape index (κ2) is 7.42. The van der Waals surface area contributed by atoms with Crippen LogP contribution in [0.2, 0.25) is 0 Å². The van der Waals surface area contributed by atoms with E-state index in [1.807, 2.05) is 0 Å². The van der Waals surface area contributed by atoms with Crippen LogP contribution in [0.1, 0.15) is 19.3 Å². The van der Waals surface area contributed by atoms with Crippen molar-refractivity contribution < 1.29 is 0 Å². The van der Waals surface area contributed by atoms with Crippen LogP contribution in [0, 0.1) is 0 Å². The monoisotopic (exact) mass is 365 g/mol. The Hall–Kier alpha value is -1.14. The van der Waals surface area contributed by atoms with Crippen LogP contribution in [0.4, 0.5) is 11.6 Å². The highest BCUT2D eigenvalue weighted by Gasteiger charge is 2.19. The van der Waals surface area contributed by atoms with Crippen LogP contribution in [0.25, 0.3) is 0 Å². The molecule has 5 nitrogen and oxygen atoms in total. The Balaban J connectivity index is 1.56. The van der Waals surface area contributed by atoms with E-state index in [1.165, 1.54) is 19.3 Å². The number of hydrogen-bond acceptors (Lipinski definition) is 5. The van der Waals surface area contributed by atoms with E-state index < -0.39 is 0 Å². The van der Waals surface area contributed by atoms with Gasteiger partial charge in [-0.15, -0.1) is 10.2 Å². The molecule has 2 saturated heterocycles. The SMILES string of the molecule is C=C(Br)CN1CCN(c2ccc(N3CCCCC3)nn2)CC1. The molecule has 2 fully saturated rings. The van der Waals surface area contributed by atoms with Gasteiger partial charge in [0.05, 0.1) is 0 Å². The summed E-state index contributed by atoms with van der Waals surface area (Å²) in [4.78, 5) is 7.07. The van der Waals surface area contributed by atoms with Gasteiger partial charge in [-0.2, -0.15) is 0 Å². The summed E-state index contributed by atoms with van der Waals surface area (Å²) in [6, 6.07) is 4.25. The first-order valence-electron chi connectivity index (χ1n) is 8.11. The average Bonchev–Trinajstić information content (AvgIpc) is 2.56. The smallest absolute Gasteiger partial charge is 0.151 e. The van der Waals surface area contributed by atoms with Crippen LogP contribution in [0.15, 0.2) is 23.2 Å².